The molecule has 0 amide bonds. The first-order chi connectivity index (χ1) is 8.33. The molecule has 0 aliphatic carbocycles. The van der Waals surface area contributed by atoms with Gasteiger partial charge in [-0.15, -0.1) is 10.2 Å². The Morgan fingerprint density at radius 2 is 2.00 bits per heavy atom. The largest absolute Gasteiger partial charge is 0.364 e. The summed E-state index contributed by atoms with van der Waals surface area (Å²) in [5.41, 5.74) is 0. The zero-order valence-electron chi connectivity index (χ0n) is 9.77. The summed E-state index contributed by atoms with van der Waals surface area (Å²) in [4.78, 5) is 2.60. The van der Waals surface area contributed by atoms with Crippen LogP contribution in [0.4, 0.5) is 5.82 Å². The summed E-state index contributed by atoms with van der Waals surface area (Å²) in [5, 5.41) is 11.9. The Bertz CT molecular complexity index is 381. The van der Waals surface area contributed by atoms with Gasteiger partial charge in [-0.25, -0.2) is 0 Å². The molecular formula is C12H17ClN4. The molecule has 0 bridgehead atoms. The monoisotopic (exact) mass is 252 g/mol. The highest BCUT2D eigenvalue weighted by atomic mass is 35.5. The van der Waals surface area contributed by atoms with Crippen LogP contribution in [0, 0.1) is 0 Å². The Hall–Kier alpha value is -0.870. The molecule has 0 unspecified atom stereocenters. The molecule has 0 saturated carbocycles. The molecule has 3 heterocycles. The predicted molar refractivity (Wildman–Crippen MR) is 68.3 cm³/mol. The van der Waals surface area contributed by atoms with Crippen LogP contribution in [0.1, 0.15) is 25.7 Å². The minimum atomic E-state index is 0.446. The second-order valence-corrected chi connectivity index (χ2v) is 5.27. The first-order valence-corrected chi connectivity index (χ1v) is 6.70. The first kappa shape index (κ1) is 11.2. The zero-order chi connectivity index (χ0) is 11.7. The fourth-order valence-electron chi connectivity index (χ4n) is 3.04. The van der Waals surface area contributed by atoms with Gasteiger partial charge < -0.3 is 5.32 Å². The van der Waals surface area contributed by atoms with Gasteiger partial charge in [0, 0.05) is 12.1 Å². The van der Waals surface area contributed by atoms with Crippen molar-refractivity contribution in [2.75, 3.05) is 18.4 Å². The molecule has 1 aromatic heterocycles. The molecule has 1 N–H and O–H groups in total. The molecule has 2 saturated heterocycles. The summed E-state index contributed by atoms with van der Waals surface area (Å²) >= 11 is 5.73. The lowest BCUT2D eigenvalue weighted by atomic mass is 9.96. The second kappa shape index (κ2) is 4.78. The van der Waals surface area contributed by atoms with Crippen LogP contribution in [-0.2, 0) is 0 Å². The molecule has 0 spiro atoms. The average Bonchev–Trinajstić information content (AvgIpc) is 2.81. The van der Waals surface area contributed by atoms with Gasteiger partial charge in [0.15, 0.2) is 5.15 Å². The lowest BCUT2D eigenvalue weighted by molar-refractivity contribution is 0.183. The first-order valence-electron chi connectivity index (χ1n) is 6.33. The van der Waals surface area contributed by atoms with Crippen LogP contribution in [0.25, 0.3) is 0 Å². The summed E-state index contributed by atoms with van der Waals surface area (Å²) in [6.45, 7) is 2.52. The van der Waals surface area contributed by atoms with E-state index in [1.54, 1.807) is 6.07 Å². The van der Waals surface area contributed by atoms with E-state index in [2.05, 4.69) is 20.4 Å². The van der Waals surface area contributed by atoms with Crippen molar-refractivity contribution in [1.82, 2.24) is 15.1 Å². The molecule has 17 heavy (non-hydrogen) atoms. The Morgan fingerprint density at radius 1 is 1.18 bits per heavy atom. The number of nitrogens with one attached hydrogen (secondary N) is 1. The minimum Gasteiger partial charge on any atom is -0.364 e. The Labute approximate surface area is 106 Å². The van der Waals surface area contributed by atoms with Gasteiger partial charge in [-0.2, -0.15) is 0 Å². The van der Waals surface area contributed by atoms with Crippen LogP contribution in [0.3, 0.4) is 0 Å². The van der Waals surface area contributed by atoms with E-state index < -0.39 is 0 Å². The fraction of sp³-hybridized carbons (Fsp3) is 0.667. The van der Waals surface area contributed by atoms with Crippen molar-refractivity contribution in [3.8, 4) is 0 Å². The normalized spacial score (nSPS) is 29.0. The lowest BCUT2D eigenvalue weighted by Gasteiger charge is -2.37. The van der Waals surface area contributed by atoms with Crippen molar-refractivity contribution < 1.29 is 0 Å². The van der Waals surface area contributed by atoms with Crippen molar-refractivity contribution in [3.63, 3.8) is 0 Å². The van der Waals surface area contributed by atoms with Crippen LogP contribution in [0.2, 0.25) is 5.15 Å². The third-order valence-electron chi connectivity index (χ3n) is 3.80. The van der Waals surface area contributed by atoms with Gasteiger partial charge >= 0.3 is 0 Å². The molecule has 3 rings (SSSR count). The van der Waals surface area contributed by atoms with Crippen molar-refractivity contribution in [1.29, 1.82) is 0 Å². The maximum atomic E-state index is 5.73. The van der Waals surface area contributed by atoms with E-state index in [4.69, 9.17) is 11.6 Å². The average molecular weight is 253 g/mol. The molecule has 0 radical (unpaired) electrons. The molecule has 0 aromatic carbocycles. The van der Waals surface area contributed by atoms with Crippen molar-refractivity contribution in [2.24, 2.45) is 0 Å². The highest BCUT2D eigenvalue weighted by Gasteiger charge is 2.34. The summed E-state index contributed by atoms with van der Waals surface area (Å²) in [6, 6.07) is 4.89. The summed E-state index contributed by atoms with van der Waals surface area (Å²) < 4.78 is 0. The van der Waals surface area contributed by atoms with E-state index in [0.29, 0.717) is 17.2 Å². The Morgan fingerprint density at radius 3 is 2.76 bits per heavy atom. The van der Waals surface area contributed by atoms with Crippen molar-refractivity contribution >= 4 is 17.4 Å². The number of aromatic nitrogens is 2. The molecule has 92 valence electrons. The van der Waals surface area contributed by atoms with E-state index in [-0.39, 0.29) is 0 Å². The third kappa shape index (κ3) is 2.38. The zero-order valence-corrected chi connectivity index (χ0v) is 10.5. The number of halogens is 1. The Kier molecular flexibility index (Phi) is 3.16. The molecule has 2 atom stereocenters. The van der Waals surface area contributed by atoms with Gasteiger partial charge in [-0.3, -0.25) is 4.90 Å². The second-order valence-electron chi connectivity index (χ2n) is 4.88. The van der Waals surface area contributed by atoms with E-state index in [0.717, 1.165) is 5.82 Å². The highest BCUT2D eigenvalue weighted by Crippen LogP contribution is 2.28. The molecule has 1 aromatic rings. The van der Waals surface area contributed by atoms with Gasteiger partial charge in [-0.05, 0) is 50.9 Å². The third-order valence-corrected chi connectivity index (χ3v) is 4.01. The number of nitrogens with zero attached hydrogens (tertiary/aromatic N) is 3. The number of hydrogen-bond acceptors (Lipinski definition) is 4. The quantitative estimate of drug-likeness (QED) is 0.876. The van der Waals surface area contributed by atoms with Gasteiger partial charge in [0.1, 0.15) is 5.82 Å². The number of hydrogen-bond donors (Lipinski definition) is 1. The Balaban J connectivity index is 1.69. The molecule has 2 aliphatic rings. The standard InChI is InChI=1S/C12H17ClN4/c13-11-5-6-12(16-15-11)14-9-3-1-7-17-8-2-4-10(9)17/h5-6,9-10H,1-4,7-8H2,(H,14,16)/t9-,10-/m1/s1. The lowest BCUT2D eigenvalue weighted by Crippen LogP contribution is -2.47. The summed E-state index contributed by atoms with van der Waals surface area (Å²) in [7, 11) is 0. The van der Waals surface area contributed by atoms with E-state index >= 15 is 0 Å². The number of fused-ring (bicyclic) bond motifs is 1. The number of rotatable bonds is 2. The van der Waals surface area contributed by atoms with Crippen molar-refractivity contribution in [3.05, 3.63) is 17.3 Å². The van der Waals surface area contributed by atoms with Crippen LogP contribution < -0.4 is 5.32 Å². The van der Waals surface area contributed by atoms with Crippen LogP contribution in [0.15, 0.2) is 12.1 Å². The topological polar surface area (TPSA) is 41.0 Å². The van der Waals surface area contributed by atoms with Crippen LogP contribution >= 0.6 is 11.6 Å². The molecule has 2 aliphatic heterocycles. The molecular weight excluding hydrogens is 236 g/mol. The SMILES string of the molecule is Clc1ccc(N[C@@H]2CCCN3CCC[C@H]23)nn1. The van der Waals surface area contributed by atoms with Crippen LogP contribution in [-0.4, -0.2) is 40.3 Å². The molecule has 4 nitrogen and oxygen atoms in total. The van der Waals surface area contributed by atoms with Gasteiger partial charge in [0.25, 0.3) is 0 Å². The van der Waals surface area contributed by atoms with Gasteiger partial charge in [-0.1, -0.05) is 11.6 Å². The highest BCUT2D eigenvalue weighted by molar-refractivity contribution is 6.29. The van der Waals surface area contributed by atoms with E-state index in [9.17, 15) is 0 Å². The summed E-state index contributed by atoms with van der Waals surface area (Å²) in [5.74, 6) is 0.841. The van der Waals surface area contributed by atoms with Crippen molar-refractivity contribution in [2.45, 2.75) is 37.8 Å². The van der Waals surface area contributed by atoms with E-state index in [1.165, 1.54) is 38.8 Å². The fourth-order valence-corrected chi connectivity index (χ4v) is 3.14. The summed E-state index contributed by atoms with van der Waals surface area (Å²) in [6.07, 6.45) is 5.13. The molecule has 5 heteroatoms. The van der Waals surface area contributed by atoms with E-state index in [1.807, 2.05) is 6.07 Å². The number of piperidine rings is 1. The maximum absolute atomic E-state index is 5.73. The smallest absolute Gasteiger partial charge is 0.151 e. The maximum Gasteiger partial charge on any atom is 0.151 e. The predicted octanol–water partition coefficient (Wildman–Crippen LogP) is 2.17. The van der Waals surface area contributed by atoms with Gasteiger partial charge in [0.05, 0.1) is 0 Å². The van der Waals surface area contributed by atoms with Crippen LogP contribution in [0.5, 0.6) is 0 Å². The minimum absolute atomic E-state index is 0.446. The van der Waals surface area contributed by atoms with Gasteiger partial charge in [0.2, 0.25) is 0 Å². The number of anilines is 1. The molecule has 2 fully saturated rings.